The third-order valence-electron chi connectivity index (χ3n) is 4.39. The molecule has 3 rings (SSSR count). The normalized spacial score (nSPS) is 14.2. The number of nitrogens with one attached hydrogen (secondary N) is 1. The van der Waals surface area contributed by atoms with E-state index < -0.39 is 10.0 Å². The number of amides is 1. The molecule has 1 aliphatic rings. The van der Waals surface area contributed by atoms with Crippen LogP contribution < -0.4 is 9.62 Å². The molecule has 0 atom stereocenters. The zero-order valence-electron chi connectivity index (χ0n) is 15.1. The molecule has 0 fully saturated rings. The molecule has 0 aromatic heterocycles. The molecule has 0 unspecified atom stereocenters. The lowest BCUT2D eigenvalue weighted by atomic mass is 10.0. The van der Waals surface area contributed by atoms with Gasteiger partial charge >= 0.3 is 0 Å². The van der Waals surface area contributed by atoms with Crippen molar-refractivity contribution >= 4 is 27.3 Å². The summed E-state index contributed by atoms with van der Waals surface area (Å²) in [6.45, 7) is 4.43. The highest BCUT2D eigenvalue weighted by molar-refractivity contribution is 7.92. The van der Waals surface area contributed by atoms with Crippen molar-refractivity contribution in [1.82, 2.24) is 0 Å². The van der Waals surface area contributed by atoms with Crippen LogP contribution in [0.1, 0.15) is 32.3 Å². The lowest BCUT2D eigenvalue weighted by Gasteiger charge is -2.30. The van der Waals surface area contributed by atoms with E-state index in [2.05, 4.69) is 5.32 Å². The summed E-state index contributed by atoms with van der Waals surface area (Å²) < 4.78 is 27.6. The van der Waals surface area contributed by atoms with Gasteiger partial charge in [0, 0.05) is 18.7 Å². The van der Waals surface area contributed by atoms with Gasteiger partial charge in [0.25, 0.3) is 10.0 Å². The summed E-state index contributed by atoms with van der Waals surface area (Å²) in [6, 6.07) is 14.0. The van der Waals surface area contributed by atoms with E-state index in [-0.39, 0.29) is 16.7 Å². The first kappa shape index (κ1) is 18.5. The van der Waals surface area contributed by atoms with Gasteiger partial charge in [-0.3, -0.25) is 9.10 Å². The van der Waals surface area contributed by atoms with E-state index in [4.69, 9.17) is 0 Å². The van der Waals surface area contributed by atoms with Gasteiger partial charge < -0.3 is 5.32 Å². The SMILES string of the molecule is CC(C)CC(=O)Nc1ccc(S(=O)(=O)N2CCCc3ccccc32)cc1. The predicted molar refractivity (Wildman–Crippen MR) is 104 cm³/mol. The van der Waals surface area contributed by atoms with Crippen LogP contribution in [-0.4, -0.2) is 20.9 Å². The van der Waals surface area contributed by atoms with Crippen LogP contribution in [0.4, 0.5) is 11.4 Å². The third kappa shape index (κ3) is 3.90. The van der Waals surface area contributed by atoms with Crippen molar-refractivity contribution in [3.8, 4) is 0 Å². The molecule has 26 heavy (non-hydrogen) atoms. The van der Waals surface area contributed by atoms with Crippen LogP contribution in [0.5, 0.6) is 0 Å². The number of anilines is 2. The van der Waals surface area contributed by atoms with Crippen molar-refractivity contribution in [1.29, 1.82) is 0 Å². The number of nitrogens with zero attached hydrogens (tertiary/aromatic N) is 1. The second kappa shape index (κ2) is 7.50. The van der Waals surface area contributed by atoms with Crippen LogP contribution in [0.2, 0.25) is 0 Å². The van der Waals surface area contributed by atoms with Crippen molar-refractivity contribution in [3.05, 3.63) is 54.1 Å². The Labute approximate surface area is 155 Å². The van der Waals surface area contributed by atoms with E-state index >= 15 is 0 Å². The van der Waals surface area contributed by atoms with Gasteiger partial charge in [-0.25, -0.2) is 8.42 Å². The highest BCUT2D eigenvalue weighted by Gasteiger charge is 2.28. The summed E-state index contributed by atoms with van der Waals surface area (Å²) >= 11 is 0. The lowest BCUT2D eigenvalue weighted by molar-refractivity contribution is -0.116. The number of sulfonamides is 1. The maximum absolute atomic E-state index is 13.1. The summed E-state index contributed by atoms with van der Waals surface area (Å²) in [7, 11) is -3.62. The van der Waals surface area contributed by atoms with Gasteiger partial charge in [-0.1, -0.05) is 32.0 Å². The fourth-order valence-electron chi connectivity index (χ4n) is 3.17. The Bertz CT molecular complexity index is 890. The minimum atomic E-state index is -3.62. The van der Waals surface area contributed by atoms with E-state index in [1.807, 2.05) is 38.1 Å². The van der Waals surface area contributed by atoms with Gasteiger partial charge in [-0.2, -0.15) is 0 Å². The second-order valence-corrected chi connectivity index (χ2v) is 8.84. The first-order chi connectivity index (χ1) is 12.4. The van der Waals surface area contributed by atoms with Gasteiger partial charge in [0.05, 0.1) is 10.6 Å². The topological polar surface area (TPSA) is 66.5 Å². The molecule has 0 spiro atoms. The van der Waals surface area contributed by atoms with Crippen LogP contribution in [0, 0.1) is 5.92 Å². The van der Waals surface area contributed by atoms with Crippen LogP contribution in [0.3, 0.4) is 0 Å². The van der Waals surface area contributed by atoms with Gasteiger partial charge in [0.15, 0.2) is 0 Å². The van der Waals surface area contributed by atoms with E-state index in [1.54, 1.807) is 24.3 Å². The first-order valence-corrected chi connectivity index (χ1v) is 10.3. The number of carbonyl (C=O) groups is 1. The molecule has 5 nitrogen and oxygen atoms in total. The van der Waals surface area contributed by atoms with E-state index in [9.17, 15) is 13.2 Å². The summed E-state index contributed by atoms with van der Waals surface area (Å²) in [4.78, 5) is 12.1. The molecule has 2 aromatic carbocycles. The number of carbonyl (C=O) groups excluding carboxylic acids is 1. The largest absolute Gasteiger partial charge is 0.326 e. The molecule has 138 valence electrons. The van der Waals surface area contributed by atoms with Gasteiger partial charge in [-0.05, 0) is 54.7 Å². The third-order valence-corrected chi connectivity index (χ3v) is 6.21. The summed E-state index contributed by atoms with van der Waals surface area (Å²) in [5.41, 5.74) is 2.42. The Morgan fingerprint density at radius 2 is 1.81 bits per heavy atom. The van der Waals surface area contributed by atoms with Gasteiger partial charge in [-0.15, -0.1) is 0 Å². The molecule has 1 N–H and O–H groups in total. The molecule has 0 saturated carbocycles. The maximum Gasteiger partial charge on any atom is 0.264 e. The smallest absolute Gasteiger partial charge is 0.264 e. The van der Waals surface area contributed by atoms with Crippen LogP contribution in [0.25, 0.3) is 0 Å². The predicted octanol–water partition coefficient (Wildman–Crippen LogP) is 3.81. The molecule has 6 heteroatoms. The first-order valence-electron chi connectivity index (χ1n) is 8.88. The molecule has 1 heterocycles. The van der Waals surface area contributed by atoms with Crippen LogP contribution in [0.15, 0.2) is 53.4 Å². The van der Waals surface area contributed by atoms with Crippen molar-refractivity contribution in [2.45, 2.75) is 38.0 Å². The molecule has 0 aliphatic carbocycles. The highest BCUT2D eigenvalue weighted by atomic mass is 32.2. The number of hydrogen-bond acceptors (Lipinski definition) is 3. The zero-order chi connectivity index (χ0) is 18.7. The van der Waals surface area contributed by atoms with Crippen molar-refractivity contribution in [3.63, 3.8) is 0 Å². The Hall–Kier alpha value is -2.34. The van der Waals surface area contributed by atoms with Crippen LogP contribution >= 0.6 is 0 Å². The second-order valence-electron chi connectivity index (χ2n) is 6.98. The molecule has 0 bridgehead atoms. The average molecular weight is 372 g/mol. The Morgan fingerprint density at radius 1 is 1.12 bits per heavy atom. The fourth-order valence-corrected chi connectivity index (χ4v) is 4.71. The molecule has 0 saturated heterocycles. The monoisotopic (exact) mass is 372 g/mol. The van der Waals surface area contributed by atoms with Crippen LogP contribution in [-0.2, 0) is 21.2 Å². The molecule has 1 amide bonds. The minimum absolute atomic E-state index is 0.0689. The van der Waals surface area contributed by atoms with E-state index in [1.165, 1.54) is 4.31 Å². The Kier molecular flexibility index (Phi) is 5.32. The number of benzene rings is 2. The average Bonchev–Trinajstić information content (AvgIpc) is 2.61. The quantitative estimate of drug-likeness (QED) is 0.868. The zero-order valence-corrected chi connectivity index (χ0v) is 15.9. The number of fused-ring (bicyclic) bond motifs is 1. The Balaban J connectivity index is 1.82. The molecule has 0 radical (unpaired) electrons. The van der Waals surface area contributed by atoms with Crippen molar-refractivity contribution in [2.24, 2.45) is 5.92 Å². The number of aryl methyl sites for hydroxylation is 1. The van der Waals surface area contributed by atoms with Crippen molar-refractivity contribution in [2.75, 3.05) is 16.2 Å². The minimum Gasteiger partial charge on any atom is -0.326 e. The summed E-state index contributed by atoms with van der Waals surface area (Å²) in [5, 5.41) is 2.80. The van der Waals surface area contributed by atoms with E-state index in [0.29, 0.717) is 18.7 Å². The molecule has 2 aromatic rings. The fraction of sp³-hybridized carbons (Fsp3) is 0.350. The molecular formula is C20H24N2O3S. The summed E-state index contributed by atoms with van der Waals surface area (Å²) in [5.74, 6) is 0.203. The van der Waals surface area contributed by atoms with E-state index in [0.717, 1.165) is 24.1 Å². The number of rotatable bonds is 5. The summed E-state index contributed by atoms with van der Waals surface area (Å²) in [6.07, 6.45) is 2.13. The van der Waals surface area contributed by atoms with Crippen molar-refractivity contribution < 1.29 is 13.2 Å². The molecular weight excluding hydrogens is 348 g/mol. The Morgan fingerprint density at radius 3 is 2.50 bits per heavy atom. The van der Waals surface area contributed by atoms with Gasteiger partial charge in [0.2, 0.25) is 5.91 Å². The number of para-hydroxylation sites is 1. The highest BCUT2D eigenvalue weighted by Crippen LogP contribution is 2.32. The maximum atomic E-state index is 13.1. The molecule has 1 aliphatic heterocycles. The number of hydrogen-bond donors (Lipinski definition) is 1. The standard InChI is InChI=1S/C20H24N2O3S/c1-15(2)14-20(23)21-17-9-11-18(12-10-17)26(24,25)22-13-5-7-16-6-3-4-8-19(16)22/h3-4,6,8-12,15H,5,7,13-14H2,1-2H3,(H,21,23). The lowest BCUT2D eigenvalue weighted by Crippen LogP contribution is -2.35. The van der Waals surface area contributed by atoms with Gasteiger partial charge in [0.1, 0.15) is 0 Å².